The van der Waals surface area contributed by atoms with Crippen LogP contribution >= 0.6 is 0 Å². The zero-order chi connectivity index (χ0) is 22.6. The predicted octanol–water partition coefficient (Wildman–Crippen LogP) is 2.16. The van der Waals surface area contributed by atoms with Crippen molar-refractivity contribution < 1.29 is 18.0 Å². The second-order valence-corrected chi connectivity index (χ2v) is 9.79. The Labute approximate surface area is 183 Å². The summed E-state index contributed by atoms with van der Waals surface area (Å²) >= 11 is 0. The molecule has 2 amide bonds. The quantitative estimate of drug-likeness (QED) is 0.710. The maximum absolute atomic E-state index is 13.2. The van der Waals surface area contributed by atoms with Gasteiger partial charge in [-0.25, -0.2) is 8.42 Å². The van der Waals surface area contributed by atoms with Crippen LogP contribution in [0.1, 0.15) is 29.5 Å². The number of benzene rings is 1. The van der Waals surface area contributed by atoms with E-state index in [2.05, 4.69) is 15.6 Å². The maximum atomic E-state index is 13.2. The lowest BCUT2D eigenvalue weighted by atomic mass is 9.97. The Hall–Kier alpha value is -2.78. The highest BCUT2D eigenvalue weighted by atomic mass is 32.2. The summed E-state index contributed by atoms with van der Waals surface area (Å²) in [5.41, 5.74) is 3.05. The van der Waals surface area contributed by atoms with Gasteiger partial charge in [0.25, 0.3) is 0 Å². The molecule has 1 aliphatic rings. The van der Waals surface area contributed by atoms with Crippen LogP contribution in [0.15, 0.2) is 41.6 Å². The number of hydrogen-bond donors (Lipinski definition) is 2. The second-order valence-electron chi connectivity index (χ2n) is 7.91. The van der Waals surface area contributed by atoms with E-state index in [1.54, 1.807) is 18.3 Å². The van der Waals surface area contributed by atoms with E-state index in [9.17, 15) is 18.0 Å². The molecule has 2 N–H and O–H groups in total. The van der Waals surface area contributed by atoms with Crippen molar-refractivity contribution in [3.8, 4) is 0 Å². The zero-order valence-electron chi connectivity index (χ0n) is 18.0. The van der Waals surface area contributed by atoms with Gasteiger partial charge < -0.3 is 10.6 Å². The molecule has 0 saturated carbocycles. The molecule has 31 heavy (non-hydrogen) atoms. The van der Waals surface area contributed by atoms with Crippen molar-refractivity contribution in [2.45, 2.75) is 38.5 Å². The molecule has 0 bridgehead atoms. The molecule has 1 aliphatic heterocycles. The molecule has 0 spiro atoms. The van der Waals surface area contributed by atoms with Gasteiger partial charge in [0.2, 0.25) is 21.8 Å². The minimum atomic E-state index is -3.62. The average Bonchev–Trinajstić information content (AvgIpc) is 2.72. The van der Waals surface area contributed by atoms with Crippen LogP contribution in [0.5, 0.6) is 0 Å². The van der Waals surface area contributed by atoms with E-state index in [4.69, 9.17) is 0 Å². The summed E-state index contributed by atoms with van der Waals surface area (Å²) in [5.74, 6) is -0.898. The predicted molar refractivity (Wildman–Crippen MR) is 118 cm³/mol. The number of piperidine rings is 1. The van der Waals surface area contributed by atoms with Crippen LogP contribution in [0, 0.1) is 26.7 Å². The summed E-state index contributed by atoms with van der Waals surface area (Å²) in [6.45, 7) is 5.96. The normalized spacial score (nSPS) is 15.5. The molecule has 1 fully saturated rings. The van der Waals surface area contributed by atoms with Crippen LogP contribution in [-0.4, -0.2) is 49.2 Å². The first-order valence-corrected chi connectivity index (χ1v) is 11.7. The third-order valence-electron chi connectivity index (χ3n) is 5.40. The lowest BCUT2D eigenvalue weighted by Crippen LogP contribution is -2.44. The summed E-state index contributed by atoms with van der Waals surface area (Å²) in [6, 6.07) is 7.16. The molecular formula is C22H28N4O4S. The number of sulfonamides is 1. The number of aryl methyl sites for hydroxylation is 3. The van der Waals surface area contributed by atoms with Crippen LogP contribution in [0.2, 0.25) is 0 Å². The molecule has 166 valence electrons. The van der Waals surface area contributed by atoms with Crippen LogP contribution < -0.4 is 10.6 Å². The minimum Gasteiger partial charge on any atom is -0.347 e. The van der Waals surface area contributed by atoms with Gasteiger partial charge in [-0.05, 0) is 56.9 Å². The number of nitrogens with zero attached hydrogens (tertiary/aromatic N) is 2. The third kappa shape index (κ3) is 5.48. The number of nitrogens with one attached hydrogen (secondary N) is 2. The summed E-state index contributed by atoms with van der Waals surface area (Å²) in [4.78, 5) is 28.7. The van der Waals surface area contributed by atoms with Crippen LogP contribution in [0.3, 0.4) is 0 Å². The van der Waals surface area contributed by atoms with Crippen molar-refractivity contribution >= 4 is 27.5 Å². The second kappa shape index (κ2) is 9.57. The molecule has 0 aliphatic carbocycles. The molecule has 2 aromatic rings. The van der Waals surface area contributed by atoms with E-state index >= 15 is 0 Å². The number of aromatic nitrogens is 1. The molecule has 1 saturated heterocycles. The van der Waals surface area contributed by atoms with Gasteiger partial charge in [0.1, 0.15) is 0 Å². The summed E-state index contributed by atoms with van der Waals surface area (Å²) < 4.78 is 27.8. The van der Waals surface area contributed by atoms with Gasteiger partial charge in [-0.15, -0.1) is 0 Å². The van der Waals surface area contributed by atoms with E-state index in [0.29, 0.717) is 23.4 Å². The Morgan fingerprint density at radius 1 is 1.13 bits per heavy atom. The monoisotopic (exact) mass is 444 g/mol. The van der Waals surface area contributed by atoms with Crippen LogP contribution in [0.25, 0.3) is 0 Å². The van der Waals surface area contributed by atoms with E-state index in [-0.39, 0.29) is 37.4 Å². The molecule has 8 nitrogen and oxygen atoms in total. The Morgan fingerprint density at radius 3 is 2.35 bits per heavy atom. The number of carbonyl (C=O) groups excluding carboxylic acids is 2. The van der Waals surface area contributed by atoms with Gasteiger partial charge in [0.15, 0.2) is 0 Å². The average molecular weight is 445 g/mol. The van der Waals surface area contributed by atoms with Crippen molar-refractivity contribution in [1.29, 1.82) is 0 Å². The molecule has 2 heterocycles. The number of rotatable bonds is 6. The first kappa shape index (κ1) is 22.9. The molecule has 1 aromatic heterocycles. The van der Waals surface area contributed by atoms with E-state index in [0.717, 1.165) is 16.7 Å². The standard InChI is InChI=1S/C22H28N4O4S/c1-15-11-16(2)21(17(3)12-15)31(29,30)26-9-6-18(7-10-26)22(28)24-14-20(27)25-19-5-4-8-23-13-19/h4-5,8,11-13,18H,6-7,9-10,14H2,1-3H3,(H,24,28)(H,25,27). The molecule has 3 rings (SSSR count). The number of carbonyl (C=O) groups is 2. The van der Waals surface area contributed by atoms with Gasteiger partial charge in [0.05, 0.1) is 23.3 Å². The largest absolute Gasteiger partial charge is 0.347 e. The van der Waals surface area contributed by atoms with Crippen molar-refractivity contribution in [1.82, 2.24) is 14.6 Å². The lowest BCUT2D eigenvalue weighted by molar-refractivity contribution is -0.128. The fourth-order valence-corrected chi connectivity index (χ4v) is 5.90. The van der Waals surface area contributed by atoms with Gasteiger partial charge in [0, 0.05) is 25.2 Å². The smallest absolute Gasteiger partial charge is 0.243 e. The van der Waals surface area contributed by atoms with Gasteiger partial charge in [-0.3, -0.25) is 14.6 Å². The van der Waals surface area contributed by atoms with Gasteiger partial charge in [-0.1, -0.05) is 17.7 Å². The topological polar surface area (TPSA) is 108 Å². The number of hydrogen-bond acceptors (Lipinski definition) is 5. The number of amides is 2. The third-order valence-corrected chi connectivity index (χ3v) is 7.60. The highest BCUT2D eigenvalue weighted by Crippen LogP contribution is 2.28. The van der Waals surface area contributed by atoms with Gasteiger partial charge in [-0.2, -0.15) is 4.31 Å². The molecule has 1 aromatic carbocycles. The Morgan fingerprint density at radius 2 is 1.77 bits per heavy atom. The van der Waals surface area contributed by atoms with E-state index in [1.807, 2.05) is 32.9 Å². The Balaban J connectivity index is 1.54. The Kier molecular flexibility index (Phi) is 7.07. The first-order chi connectivity index (χ1) is 14.7. The highest BCUT2D eigenvalue weighted by Gasteiger charge is 2.33. The van der Waals surface area contributed by atoms with E-state index in [1.165, 1.54) is 10.5 Å². The summed E-state index contributed by atoms with van der Waals surface area (Å²) in [5, 5.41) is 5.30. The molecule has 0 unspecified atom stereocenters. The molecule has 0 atom stereocenters. The molecule has 0 radical (unpaired) electrons. The lowest BCUT2D eigenvalue weighted by Gasteiger charge is -2.31. The minimum absolute atomic E-state index is 0.145. The zero-order valence-corrected chi connectivity index (χ0v) is 18.8. The maximum Gasteiger partial charge on any atom is 0.243 e. The first-order valence-electron chi connectivity index (χ1n) is 10.2. The molecule has 9 heteroatoms. The molecular weight excluding hydrogens is 416 g/mol. The fraction of sp³-hybridized carbons (Fsp3) is 0.409. The van der Waals surface area contributed by atoms with Crippen molar-refractivity contribution in [2.75, 3.05) is 25.0 Å². The van der Waals surface area contributed by atoms with Gasteiger partial charge >= 0.3 is 0 Å². The highest BCUT2D eigenvalue weighted by molar-refractivity contribution is 7.89. The van der Waals surface area contributed by atoms with Crippen molar-refractivity contribution in [3.05, 3.63) is 53.3 Å². The number of anilines is 1. The summed E-state index contributed by atoms with van der Waals surface area (Å²) in [6.07, 6.45) is 3.96. The SMILES string of the molecule is Cc1cc(C)c(S(=O)(=O)N2CCC(C(=O)NCC(=O)Nc3cccnc3)CC2)c(C)c1. The fourth-order valence-electron chi connectivity index (χ4n) is 4.01. The summed E-state index contributed by atoms with van der Waals surface area (Å²) in [7, 11) is -3.62. The van der Waals surface area contributed by atoms with Crippen LogP contribution in [0.4, 0.5) is 5.69 Å². The number of pyridine rings is 1. The Bertz CT molecular complexity index is 1040. The van der Waals surface area contributed by atoms with Crippen LogP contribution in [-0.2, 0) is 19.6 Å². The van der Waals surface area contributed by atoms with Crippen molar-refractivity contribution in [3.63, 3.8) is 0 Å². The van der Waals surface area contributed by atoms with E-state index < -0.39 is 10.0 Å². The van der Waals surface area contributed by atoms with Crippen molar-refractivity contribution in [2.24, 2.45) is 5.92 Å².